The molecule has 0 heterocycles. The highest BCUT2D eigenvalue weighted by Gasteiger charge is 2.07. The summed E-state index contributed by atoms with van der Waals surface area (Å²) in [5.74, 6) is -0.254. The highest BCUT2D eigenvalue weighted by atomic mass is 35.5. The molecule has 0 fully saturated rings. The number of carbonyl (C=O) groups excluding carboxylic acids is 1. The predicted molar refractivity (Wildman–Crippen MR) is 75.9 cm³/mol. The molecule has 2 aromatic carbocycles. The van der Waals surface area contributed by atoms with Crippen molar-refractivity contribution in [3.8, 4) is 0 Å². The van der Waals surface area contributed by atoms with Crippen LogP contribution in [0, 0.1) is 0 Å². The van der Waals surface area contributed by atoms with Crippen LogP contribution in [0.1, 0.15) is 10.4 Å². The molecule has 18 heavy (non-hydrogen) atoms. The van der Waals surface area contributed by atoms with Crippen LogP contribution >= 0.6 is 34.8 Å². The maximum absolute atomic E-state index is 11.9. The Morgan fingerprint density at radius 3 is 2.39 bits per heavy atom. The van der Waals surface area contributed by atoms with Crippen LogP contribution in [0.5, 0.6) is 0 Å². The van der Waals surface area contributed by atoms with Gasteiger partial charge >= 0.3 is 0 Å². The predicted octanol–water partition coefficient (Wildman–Crippen LogP) is 4.90. The summed E-state index contributed by atoms with van der Waals surface area (Å²) in [6.07, 6.45) is 0. The molecule has 92 valence electrons. The standard InChI is InChI=1S/C13H8Cl3NO/c14-9-3-1-2-8(6-9)13(18)17-10-4-5-11(15)12(16)7-10/h1-7H,(H,17,18). The van der Waals surface area contributed by atoms with Crippen molar-refractivity contribution < 1.29 is 4.79 Å². The van der Waals surface area contributed by atoms with Gasteiger partial charge in [0, 0.05) is 16.3 Å². The first-order chi connectivity index (χ1) is 8.56. The molecule has 2 aromatic rings. The summed E-state index contributed by atoms with van der Waals surface area (Å²) < 4.78 is 0. The Bertz CT molecular complexity index is 599. The summed E-state index contributed by atoms with van der Waals surface area (Å²) in [6.45, 7) is 0. The summed E-state index contributed by atoms with van der Waals surface area (Å²) in [7, 11) is 0. The van der Waals surface area contributed by atoms with Gasteiger partial charge in [-0.3, -0.25) is 4.79 Å². The monoisotopic (exact) mass is 299 g/mol. The van der Waals surface area contributed by atoms with Gasteiger partial charge < -0.3 is 5.32 Å². The fraction of sp³-hybridized carbons (Fsp3) is 0. The van der Waals surface area contributed by atoms with E-state index in [0.29, 0.717) is 26.3 Å². The highest BCUT2D eigenvalue weighted by molar-refractivity contribution is 6.42. The van der Waals surface area contributed by atoms with Gasteiger partial charge in [0.25, 0.3) is 5.91 Å². The molecular weight excluding hydrogens is 293 g/mol. The molecule has 0 radical (unpaired) electrons. The van der Waals surface area contributed by atoms with Crippen LogP contribution in [0.15, 0.2) is 42.5 Å². The smallest absolute Gasteiger partial charge is 0.255 e. The molecule has 0 aliphatic heterocycles. The lowest BCUT2D eigenvalue weighted by molar-refractivity contribution is 0.102. The molecule has 1 amide bonds. The number of hydrogen-bond acceptors (Lipinski definition) is 1. The van der Waals surface area contributed by atoms with Crippen molar-refractivity contribution in [1.29, 1.82) is 0 Å². The third-order valence-electron chi connectivity index (χ3n) is 2.26. The molecule has 0 aliphatic rings. The number of halogens is 3. The van der Waals surface area contributed by atoms with Crippen LogP contribution in [-0.2, 0) is 0 Å². The Hall–Kier alpha value is -1.22. The average molecular weight is 301 g/mol. The summed E-state index contributed by atoms with van der Waals surface area (Å²) in [4.78, 5) is 11.9. The van der Waals surface area contributed by atoms with Gasteiger partial charge in [0.2, 0.25) is 0 Å². The number of carbonyl (C=O) groups is 1. The quantitative estimate of drug-likeness (QED) is 0.840. The van der Waals surface area contributed by atoms with E-state index in [0.717, 1.165) is 0 Å². The normalized spacial score (nSPS) is 10.2. The minimum Gasteiger partial charge on any atom is -0.322 e. The lowest BCUT2D eigenvalue weighted by Gasteiger charge is -2.06. The Balaban J connectivity index is 2.18. The minimum absolute atomic E-state index is 0.254. The van der Waals surface area contributed by atoms with Crippen molar-refractivity contribution >= 4 is 46.4 Å². The van der Waals surface area contributed by atoms with E-state index in [1.54, 1.807) is 42.5 Å². The fourth-order valence-electron chi connectivity index (χ4n) is 1.41. The van der Waals surface area contributed by atoms with Crippen molar-refractivity contribution in [3.05, 3.63) is 63.1 Å². The van der Waals surface area contributed by atoms with Gasteiger partial charge in [-0.2, -0.15) is 0 Å². The van der Waals surface area contributed by atoms with Gasteiger partial charge in [0.15, 0.2) is 0 Å². The van der Waals surface area contributed by atoms with Crippen LogP contribution in [0.3, 0.4) is 0 Å². The van der Waals surface area contributed by atoms with E-state index in [4.69, 9.17) is 34.8 Å². The second kappa shape index (κ2) is 5.61. The van der Waals surface area contributed by atoms with Gasteiger partial charge in [0.1, 0.15) is 0 Å². The zero-order valence-corrected chi connectivity index (χ0v) is 11.4. The third kappa shape index (κ3) is 3.16. The van der Waals surface area contributed by atoms with Gasteiger partial charge in [-0.1, -0.05) is 40.9 Å². The van der Waals surface area contributed by atoms with Crippen molar-refractivity contribution in [2.45, 2.75) is 0 Å². The van der Waals surface area contributed by atoms with Gasteiger partial charge in [0.05, 0.1) is 10.0 Å². The maximum Gasteiger partial charge on any atom is 0.255 e. The largest absolute Gasteiger partial charge is 0.322 e. The van der Waals surface area contributed by atoms with E-state index < -0.39 is 0 Å². The molecule has 0 aliphatic carbocycles. The molecule has 1 N–H and O–H groups in total. The molecule has 0 aromatic heterocycles. The van der Waals surface area contributed by atoms with E-state index in [2.05, 4.69) is 5.32 Å². The number of anilines is 1. The van der Waals surface area contributed by atoms with Crippen LogP contribution < -0.4 is 5.32 Å². The molecule has 0 saturated carbocycles. The first kappa shape index (κ1) is 13.2. The molecule has 0 unspecified atom stereocenters. The molecule has 5 heteroatoms. The Morgan fingerprint density at radius 2 is 1.72 bits per heavy atom. The summed E-state index contributed by atoms with van der Waals surface area (Å²) >= 11 is 17.5. The van der Waals surface area contributed by atoms with Crippen molar-refractivity contribution in [2.24, 2.45) is 0 Å². The summed E-state index contributed by atoms with van der Waals surface area (Å²) in [5, 5.41) is 4.06. The van der Waals surface area contributed by atoms with E-state index >= 15 is 0 Å². The first-order valence-corrected chi connectivity index (χ1v) is 6.21. The van der Waals surface area contributed by atoms with Crippen LogP contribution in [0.4, 0.5) is 5.69 Å². The Labute approximate surface area is 119 Å². The Kier molecular flexibility index (Phi) is 4.12. The van der Waals surface area contributed by atoms with E-state index in [1.165, 1.54) is 0 Å². The maximum atomic E-state index is 11.9. The van der Waals surface area contributed by atoms with Crippen LogP contribution in [0.25, 0.3) is 0 Å². The highest BCUT2D eigenvalue weighted by Crippen LogP contribution is 2.25. The minimum atomic E-state index is -0.254. The zero-order chi connectivity index (χ0) is 13.1. The van der Waals surface area contributed by atoms with E-state index in [1.807, 2.05) is 0 Å². The van der Waals surface area contributed by atoms with Crippen LogP contribution in [-0.4, -0.2) is 5.91 Å². The van der Waals surface area contributed by atoms with Gasteiger partial charge in [-0.15, -0.1) is 0 Å². The summed E-state index contributed by atoms with van der Waals surface area (Å²) in [5.41, 5.74) is 1.06. The van der Waals surface area contributed by atoms with Gasteiger partial charge in [-0.25, -0.2) is 0 Å². The third-order valence-corrected chi connectivity index (χ3v) is 3.24. The van der Waals surface area contributed by atoms with Crippen molar-refractivity contribution in [1.82, 2.24) is 0 Å². The number of amides is 1. The molecule has 2 rings (SSSR count). The lowest BCUT2D eigenvalue weighted by atomic mass is 10.2. The molecule has 2 nitrogen and oxygen atoms in total. The number of hydrogen-bond donors (Lipinski definition) is 1. The lowest BCUT2D eigenvalue weighted by Crippen LogP contribution is -2.11. The fourth-order valence-corrected chi connectivity index (χ4v) is 1.90. The molecular formula is C13H8Cl3NO. The average Bonchev–Trinajstić information content (AvgIpc) is 2.34. The van der Waals surface area contributed by atoms with Crippen molar-refractivity contribution in [2.75, 3.05) is 5.32 Å². The number of nitrogens with one attached hydrogen (secondary N) is 1. The molecule has 0 atom stereocenters. The second-order valence-corrected chi connectivity index (χ2v) is 4.84. The zero-order valence-electron chi connectivity index (χ0n) is 9.08. The molecule has 0 spiro atoms. The van der Waals surface area contributed by atoms with Crippen molar-refractivity contribution in [3.63, 3.8) is 0 Å². The summed E-state index contributed by atoms with van der Waals surface area (Å²) in [6, 6.07) is 11.6. The van der Waals surface area contributed by atoms with Crippen LogP contribution in [0.2, 0.25) is 15.1 Å². The van der Waals surface area contributed by atoms with E-state index in [9.17, 15) is 4.79 Å². The molecule has 0 bridgehead atoms. The van der Waals surface area contributed by atoms with E-state index in [-0.39, 0.29) is 5.91 Å². The first-order valence-electron chi connectivity index (χ1n) is 5.08. The van der Waals surface area contributed by atoms with Gasteiger partial charge in [-0.05, 0) is 36.4 Å². The number of rotatable bonds is 2. The second-order valence-electron chi connectivity index (χ2n) is 3.59. The number of benzene rings is 2. The topological polar surface area (TPSA) is 29.1 Å². The Morgan fingerprint density at radius 1 is 0.944 bits per heavy atom. The molecule has 0 saturated heterocycles. The SMILES string of the molecule is O=C(Nc1ccc(Cl)c(Cl)c1)c1cccc(Cl)c1.